The molecule has 16 heavy (non-hydrogen) atoms. The summed E-state index contributed by atoms with van der Waals surface area (Å²) in [5.74, 6) is 0.501. The summed E-state index contributed by atoms with van der Waals surface area (Å²) in [5, 5.41) is 8.21. The summed E-state index contributed by atoms with van der Waals surface area (Å²) in [7, 11) is 0. The van der Waals surface area contributed by atoms with Crippen LogP contribution in [0.3, 0.4) is 0 Å². The first-order chi connectivity index (χ1) is 7.55. The predicted octanol–water partition coefficient (Wildman–Crippen LogP) is 2.31. The van der Waals surface area contributed by atoms with Crippen molar-refractivity contribution in [1.82, 2.24) is 14.9 Å². The van der Waals surface area contributed by atoms with Crippen LogP contribution in [0.25, 0.3) is 0 Å². The van der Waals surface area contributed by atoms with E-state index in [0.29, 0.717) is 18.1 Å². The number of halogens is 1. The van der Waals surface area contributed by atoms with Crippen LogP contribution < -0.4 is 5.32 Å². The number of carbonyl (C=O) groups is 1. The van der Waals surface area contributed by atoms with Crippen LogP contribution in [-0.2, 0) is 0 Å². The Bertz CT molecular complexity index is 327. The molecule has 1 aromatic rings. The first-order valence-electron chi connectivity index (χ1n) is 5.16. The second kappa shape index (κ2) is 6.15. The minimum Gasteiger partial charge on any atom is -0.350 e. The zero-order chi connectivity index (χ0) is 12.0. The number of hydrogen-bond acceptors (Lipinski definition) is 4. The van der Waals surface area contributed by atoms with E-state index >= 15 is 0 Å². The molecule has 1 heterocycles. The summed E-state index contributed by atoms with van der Waals surface area (Å²) in [6.07, 6.45) is 1.95. The standard InChI is InChI=1S/C10H16ClN3OS/c1-10(2,4-3-5-11)7-12-9(15)8-6-16-14-13-8/h6H,3-5,7H2,1-2H3,(H,12,15). The molecule has 0 aliphatic heterocycles. The quantitative estimate of drug-likeness (QED) is 0.800. The Morgan fingerprint density at radius 1 is 1.62 bits per heavy atom. The van der Waals surface area contributed by atoms with Crippen LogP contribution in [-0.4, -0.2) is 27.9 Å². The average Bonchev–Trinajstić information content (AvgIpc) is 2.77. The van der Waals surface area contributed by atoms with Crippen LogP contribution >= 0.6 is 23.1 Å². The lowest BCUT2D eigenvalue weighted by atomic mass is 9.88. The van der Waals surface area contributed by atoms with Gasteiger partial charge in [-0.15, -0.1) is 16.7 Å². The fourth-order valence-corrected chi connectivity index (χ4v) is 1.88. The summed E-state index contributed by atoms with van der Waals surface area (Å²) in [5.41, 5.74) is 0.451. The third-order valence-corrected chi connectivity index (χ3v) is 3.08. The molecule has 0 saturated carbocycles. The molecular weight excluding hydrogens is 246 g/mol. The molecule has 0 fully saturated rings. The molecule has 1 N–H and O–H groups in total. The number of amides is 1. The summed E-state index contributed by atoms with van der Waals surface area (Å²) in [6.45, 7) is 4.85. The molecule has 0 spiro atoms. The Kier molecular flexibility index (Phi) is 5.15. The number of hydrogen-bond donors (Lipinski definition) is 1. The largest absolute Gasteiger partial charge is 0.350 e. The number of rotatable bonds is 6. The van der Waals surface area contributed by atoms with Gasteiger partial charge < -0.3 is 5.32 Å². The lowest BCUT2D eigenvalue weighted by Gasteiger charge is -2.24. The average molecular weight is 262 g/mol. The zero-order valence-electron chi connectivity index (χ0n) is 9.49. The molecule has 0 atom stereocenters. The van der Waals surface area contributed by atoms with Gasteiger partial charge in [0.15, 0.2) is 5.69 Å². The Hall–Kier alpha value is -0.680. The highest BCUT2D eigenvalue weighted by molar-refractivity contribution is 7.03. The highest BCUT2D eigenvalue weighted by atomic mass is 35.5. The Labute approximate surface area is 105 Å². The van der Waals surface area contributed by atoms with Gasteiger partial charge in [-0.2, -0.15) is 0 Å². The van der Waals surface area contributed by atoms with Crippen molar-refractivity contribution in [2.24, 2.45) is 5.41 Å². The highest BCUT2D eigenvalue weighted by Crippen LogP contribution is 2.21. The smallest absolute Gasteiger partial charge is 0.272 e. The molecular formula is C10H16ClN3OS. The van der Waals surface area contributed by atoms with Crippen LogP contribution in [0.2, 0.25) is 0 Å². The maximum Gasteiger partial charge on any atom is 0.272 e. The van der Waals surface area contributed by atoms with E-state index in [2.05, 4.69) is 28.8 Å². The van der Waals surface area contributed by atoms with Gasteiger partial charge in [0.25, 0.3) is 5.91 Å². The van der Waals surface area contributed by atoms with Gasteiger partial charge in [-0.05, 0) is 29.8 Å². The van der Waals surface area contributed by atoms with Crippen molar-refractivity contribution in [3.63, 3.8) is 0 Å². The van der Waals surface area contributed by atoms with Crippen LogP contribution in [0.5, 0.6) is 0 Å². The molecule has 0 saturated heterocycles. The van der Waals surface area contributed by atoms with Gasteiger partial charge in [0.2, 0.25) is 0 Å². The van der Waals surface area contributed by atoms with Gasteiger partial charge in [-0.1, -0.05) is 18.3 Å². The van der Waals surface area contributed by atoms with Crippen molar-refractivity contribution < 1.29 is 4.79 Å². The molecule has 6 heteroatoms. The molecule has 0 aliphatic rings. The van der Waals surface area contributed by atoms with E-state index < -0.39 is 0 Å². The summed E-state index contributed by atoms with van der Waals surface area (Å²) in [4.78, 5) is 11.6. The van der Waals surface area contributed by atoms with Crippen molar-refractivity contribution in [3.8, 4) is 0 Å². The Morgan fingerprint density at radius 2 is 2.38 bits per heavy atom. The zero-order valence-corrected chi connectivity index (χ0v) is 11.1. The van der Waals surface area contributed by atoms with Gasteiger partial charge in [-0.25, -0.2) is 0 Å². The molecule has 0 unspecified atom stereocenters. The monoisotopic (exact) mass is 261 g/mol. The van der Waals surface area contributed by atoms with Gasteiger partial charge in [0.1, 0.15) is 0 Å². The third-order valence-electron chi connectivity index (χ3n) is 2.31. The first-order valence-corrected chi connectivity index (χ1v) is 6.53. The van der Waals surface area contributed by atoms with Crippen molar-refractivity contribution in [1.29, 1.82) is 0 Å². The Morgan fingerprint density at radius 3 is 2.94 bits per heavy atom. The molecule has 4 nitrogen and oxygen atoms in total. The maximum absolute atomic E-state index is 11.6. The van der Waals surface area contributed by atoms with Crippen molar-refractivity contribution in [2.75, 3.05) is 12.4 Å². The predicted molar refractivity (Wildman–Crippen MR) is 66.0 cm³/mol. The lowest BCUT2D eigenvalue weighted by Crippen LogP contribution is -2.34. The van der Waals surface area contributed by atoms with Gasteiger partial charge >= 0.3 is 0 Å². The van der Waals surface area contributed by atoms with E-state index in [0.717, 1.165) is 12.8 Å². The molecule has 0 aliphatic carbocycles. The normalized spacial score (nSPS) is 11.4. The molecule has 1 aromatic heterocycles. The summed E-state index contributed by atoms with van der Waals surface area (Å²) >= 11 is 6.82. The summed E-state index contributed by atoms with van der Waals surface area (Å²) < 4.78 is 3.65. The fourth-order valence-electron chi connectivity index (χ4n) is 1.31. The van der Waals surface area contributed by atoms with Crippen LogP contribution in [0.4, 0.5) is 0 Å². The van der Waals surface area contributed by atoms with Crippen molar-refractivity contribution >= 4 is 29.0 Å². The fraction of sp³-hybridized carbons (Fsp3) is 0.700. The highest BCUT2D eigenvalue weighted by Gasteiger charge is 2.19. The molecule has 1 rings (SSSR count). The number of aromatic nitrogens is 2. The second-order valence-corrected chi connectivity index (χ2v) is 5.42. The van der Waals surface area contributed by atoms with E-state index in [1.54, 1.807) is 5.38 Å². The summed E-state index contributed by atoms with van der Waals surface area (Å²) in [6, 6.07) is 0. The number of nitrogens with zero attached hydrogens (tertiary/aromatic N) is 2. The number of carbonyl (C=O) groups excluding carboxylic acids is 1. The van der Waals surface area contributed by atoms with Crippen LogP contribution in [0.15, 0.2) is 5.38 Å². The van der Waals surface area contributed by atoms with Crippen molar-refractivity contribution in [3.05, 3.63) is 11.1 Å². The maximum atomic E-state index is 11.6. The van der Waals surface area contributed by atoms with Gasteiger partial charge in [-0.3, -0.25) is 4.79 Å². The van der Waals surface area contributed by atoms with E-state index in [9.17, 15) is 4.79 Å². The van der Waals surface area contributed by atoms with E-state index in [-0.39, 0.29) is 11.3 Å². The van der Waals surface area contributed by atoms with E-state index in [1.165, 1.54) is 11.5 Å². The second-order valence-electron chi connectivity index (χ2n) is 4.43. The van der Waals surface area contributed by atoms with E-state index in [4.69, 9.17) is 11.6 Å². The number of nitrogens with one attached hydrogen (secondary N) is 1. The molecule has 1 amide bonds. The third kappa shape index (κ3) is 4.45. The van der Waals surface area contributed by atoms with E-state index in [1.807, 2.05) is 0 Å². The molecule has 0 aromatic carbocycles. The first kappa shape index (κ1) is 13.4. The lowest BCUT2D eigenvalue weighted by molar-refractivity contribution is 0.0929. The number of alkyl halides is 1. The molecule has 0 radical (unpaired) electrons. The molecule has 90 valence electrons. The van der Waals surface area contributed by atoms with Crippen molar-refractivity contribution in [2.45, 2.75) is 26.7 Å². The minimum absolute atomic E-state index is 0.0635. The van der Waals surface area contributed by atoms with Crippen LogP contribution in [0, 0.1) is 5.41 Å². The SMILES string of the molecule is CC(C)(CCCCl)CNC(=O)c1csnn1. The van der Waals surface area contributed by atoms with Crippen LogP contribution in [0.1, 0.15) is 37.2 Å². The Balaban J connectivity index is 2.36. The van der Waals surface area contributed by atoms with Gasteiger partial charge in [0.05, 0.1) is 0 Å². The minimum atomic E-state index is -0.160. The van der Waals surface area contributed by atoms with Gasteiger partial charge in [0, 0.05) is 17.8 Å². The molecule has 0 bridgehead atoms. The topological polar surface area (TPSA) is 54.9 Å².